The molecule has 0 unspecified atom stereocenters. The normalized spacial score (nSPS) is 12.3. The molecule has 178 valence electrons. The van der Waals surface area contributed by atoms with E-state index in [0.717, 1.165) is 11.6 Å². The average molecular weight is 480 g/mol. The maximum atomic E-state index is 15.1. The molecule has 0 aliphatic carbocycles. The number of ether oxygens (including phenoxy) is 2. The summed E-state index contributed by atoms with van der Waals surface area (Å²) < 4.78 is 29.1. The molecule has 0 amide bonds. The van der Waals surface area contributed by atoms with Crippen LogP contribution in [0.5, 0.6) is 11.5 Å². The van der Waals surface area contributed by atoms with E-state index in [2.05, 4.69) is 6.58 Å². The van der Waals surface area contributed by atoms with Gasteiger partial charge in [-0.15, -0.1) is 0 Å². The van der Waals surface area contributed by atoms with Crippen molar-refractivity contribution >= 4 is 26.1 Å². The minimum Gasteiger partial charge on any atom is -0.493 e. The third-order valence-electron chi connectivity index (χ3n) is 5.86. The zero-order valence-corrected chi connectivity index (χ0v) is 19.8. The van der Waals surface area contributed by atoms with Crippen LogP contribution in [0.25, 0.3) is 18.5 Å². The Kier molecular flexibility index (Phi) is 6.70. The summed E-state index contributed by atoms with van der Waals surface area (Å²) in [5.41, 5.74) is 6.84. The lowest BCUT2D eigenvalue weighted by Gasteiger charge is -2.13. The van der Waals surface area contributed by atoms with Gasteiger partial charge in [-0.25, -0.2) is 9.18 Å². The van der Waals surface area contributed by atoms with Crippen LogP contribution in [0.3, 0.4) is 0 Å². The number of aromatic nitrogens is 2. The third-order valence-corrected chi connectivity index (χ3v) is 5.86. The summed E-state index contributed by atoms with van der Waals surface area (Å²) in [7, 11) is 9.08. The number of hydrogen-bond donors (Lipinski definition) is 1. The Morgan fingerprint density at radius 2 is 1.94 bits per heavy atom. The van der Waals surface area contributed by atoms with Crippen molar-refractivity contribution in [2.24, 2.45) is 12.8 Å². The molecule has 0 atom stereocenters. The van der Waals surface area contributed by atoms with E-state index in [4.69, 9.17) is 28.3 Å². The molecule has 1 aromatic heterocycles. The summed E-state index contributed by atoms with van der Waals surface area (Å²) in [5.74, 6) is 0.0573. The first-order valence-electron chi connectivity index (χ1n) is 10.9. The van der Waals surface area contributed by atoms with Gasteiger partial charge in [-0.05, 0) is 41.1 Å². The van der Waals surface area contributed by atoms with Crippen molar-refractivity contribution in [1.29, 1.82) is 5.26 Å². The first-order valence-corrected chi connectivity index (χ1v) is 10.9. The number of nitrogens with zero attached hydrogens (tertiary/aromatic N) is 3. The molecule has 0 bridgehead atoms. The van der Waals surface area contributed by atoms with Crippen LogP contribution in [-0.4, -0.2) is 24.1 Å². The number of rotatable bonds is 5. The van der Waals surface area contributed by atoms with Gasteiger partial charge in [-0.2, -0.15) is 5.26 Å². The molecule has 3 aromatic carbocycles. The highest BCUT2D eigenvalue weighted by molar-refractivity contribution is 6.33. The topological polar surface area (TPSA) is 95.2 Å². The van der Waals surface area contributed by atoms with Gasteiger partial charge < -0.3 is 15.2 Å². The monoisotopic (exact) mass is 480 g/mol. The lowest BCUT2D eigenvalue weighted by atomic mass is 9.91. The van der Waals surface area contributed by atoms with Crippen molar-refractivity contribution in [3.05, 3.63) is 103 Å². The van der Waals surface area contributed by atoms with E-state index in [-0.39, 0.29) is 17.9 Å². The number of halogens is 1. The molecule has 36 heavy (non-hydrogen) atoms. The highest BCUT2D eigenvalue weighted by Gasteiger charge is 2.16. The highest BCUT2D eigenvalue weighted by Crippen LogP contribution is 2.26. The van der Waals surface area contributed by atoms with Crippen LogP contribution in [0.1, 0.15) is 11.1 Å². The Hall–Kier alpha value is -4.71. The first kappa shape index (κ1) is 24.4. The van der Waals surface area contributed by atoms with Crippen LogP contribution < -0.4 is 36.9 Å². The van der Waals surface area contributed by atoms with E-state index in [1.807, 2.05) is 24.3 Å². The molecule has 2 N–H and O–H groups in total. The van der Waals surface area contributed by atoms with E-state index in [0.29, 0.717) is 38.1 Å². The largest absolute Gasteiger partial charge is 0.493 e. The lowest BCUT2D eigenvalue weighted by Crippen LogP contribution is -2.26. The van der Waals surface area contributed by atoms with Crippen molar-refractivity contribution in [3.8, 4) is 23.3 Å². The maximum Gasteiger partial charge on any atom is 0.333 e. The first-order chi connectivity index (χ1) is 17.3. The van der Waals surface area contributed by atoms with Crippen molar-refractivity contribution in [2.45, 2.75) is 6.61 Å². The van der Waals surface area contributed by atoms with Crippen molar-refractivity contribution in [3.63, 3.8) is 0 Å². The zero-order valence-electron chi connectivity index (χ0n) is 19.8. The second-order valence-electron chi connectivity index (χ2n) is 8.00. The van der Waals surface area contributed by atoms with Crippen molar-refractivity contribution in [1.82, 2.24) is 9.13 Å². The fraction of sp³-hybridized carbons (Fsp3) is 0.111. The van der Waals surface area contributed by atoms with Gasteiger partial charge in [0.2, 0.25) is 0 Å². The number of imidazole rings is 1. The molecule has 9 heteroatoms. The van der Waals surface area contributed by atoms with E-state index in [1.165, 1.54) is 41.6 Å². The Labute approximate surface area is 207 Å². The number of methoxy groups -OCH3 is 1. The van der Waals surface area contributed by atoms with Crippen LogP contribution >= 0.6 is 0 Å². The van der Waals surface area contributed by atoms with Gasteiger partial charge in [0.05, 0.1) is 35.1 Å². The molecule has 4 rings (SSSR count). The second kappa shape index (κ2) is 9.88. The average Bonchev–Trinajstić information content (AvgIpc) is 3.13. The maximum absolute atomic E-state index is 15.1. The van der Waals surface area contributed by atoms with Crippen LogP contribution in [0, 0.1) is 27.7 Å². The number of benzene rings is 3. The smallest absolute Gasteiger partial charge is 0.333 e. The standard InChI is InChI=1S/C27H22BFN4O3/c1-16-10-24(35-3)25(36-15-18-6-4-5-7-20(18)28)12-19(16)26-23(14-31)32(2)27(34)33(26)22-9-8-17(13-30)11-21(22)29/h4-12,14H,1,15,31H2,2-3H3/b23-14+,26-19+. The van der Waals surface area contributed by atoms with Gasteiger partial charge >= 0.3 is 5.69 Å². The summed E-state index contributed by atoms with van der Waals surface area (Å²) in [5, 5.41) is 10.7. The Morgan fingerprint density at radius 1 is 1.19 bits per heavy atom. The molecular formula is C27H22BFN4O3. The Balaban J connectivity index is 2.07. The van der Waals surface area contributed by atoms with Gasteiger partial charge in [0.15, 0.2) is 11.5 Å². The summed E-state index contributed by atoms with van der Waals surface area (Å²) in [6.07, 6.45) is 1.27. The van der Waals surface area contributed by atoms with Gasteiger partial charge in [0.1, 0.15) is 20.3 Å². The van der Waals surface area contributed by atoms with Crippen LogP contribution in [0.2, 0.25) is 0 Å². The quantitative estimate of drug-likeness (QED) is 0.430. The van der Waals surface area contributed by atoms with Crippen LogP contribution in [0.15, 0.2) is 59.4 Å². The van der Waals surface area contributed by atoms with E-state index >= 15 is 4.39 Å². The SMILES string of the molecule is [B]c1ccccc1COc1c/c(=c2/c(=C\N)n(C)c(=O)n2-c2ccc(C#N)cc2F)c(=C)cc1OC. The minimum atomic E-state index is -0.735. The Morgan fingerprint density at radius 3 is 2.58 bits per heavy atom. The molecule has 0 aliphatic rings. The molecule has 0 saturated carbocycles. The summed E-state index contributed by atoms with van der Waals surface area (Å²) >= 11 is 0. The summed E-state index contributed by atoms with van der Waals surface area (Å²) in [6, 6.07) is 16.4. The molecule has 4 aromatic rings. The second-order valence-corrected chi connectivity index (χ2v) is 8.00. The van der Waals surface area contributed by atoms with Gasteiger partial charge in [-0.1, -0.05) is 36.3 Å². The van der Waals surface area contributed by atoms with Gasteiger partial charge in [0, 0.05) is 18.5 Å². The van der Waals surface area contributed by atoms with E-state index in [1.54, 1.807) is 18.2 Å². The predicted octanol–water partition coefficient (Wildman–Crippen LogP) is 0.962. The van der Waals surface area contributed by atoms with Crippen LogP contribution in [0.4, 0.5) is 4.39 Å². The number of hydrogen-bond acceptors (Lipinski definition) is 5. The number of nitriles is 1. The van der Waals surface area contributed by atoms with E-state index < -0.39 is 11.5 Å². The molecule has 0 spiro atoms. The highest BCUT2D eigenvalue weighted by atomic mass is 19.1. The molecular weight excluding hydrogens is 458 g/mol. The summed E-state index contributed by atoms with van der Waals surface area (Å²) in [4.78, 5) is 13.2. The predicted molar refractivity (Wildman–Crippen MR) is 136 cm³/mol. The molecule has 0 aliphatic heterocycles. The van der Waals surface area contributed by atoms with Gasteiger partial charge in [0.25, 0.3) is 0 Å². The lowest BCUT2D eigenvalue weighted by molar-refractivity contribution is 0.285. The van der Waals surface area contributed by atoms with Crippen LogP contribution in [-0.2, 0) is 13.7 Å². The summed E-state index contributed by atoms with van der Waals surface area (Å²) in [6.45, 7) is 4.27. The molecule has 0 fully saturated rings. The fourth-order valence-corrected chi connectivity index (χ4v) is 3.97. The fourth-order valence-electron chi connectivity index (χ4n) is 3.97. The van der Waals surface area contributed by atoms with Crippen molar-refractivity contribution < 1.29 is 13.9 Å². The van der Waals surface area contributed by atoms with E-state index in [9.17, 15) is 4.79 Å². The molecule has 0 saturated heterocycles. The molecule has 7 nitrogen and oxygen atoms in total. The number of nitrogens with two attached hydrogens (primary N) is 1. The minimum absolute atomic E-state index is 0.0348. The van der Waals surface area contributed by atoms with Crippen molar-refractivity contribution in [2.75, 3.05) is 7.11 Å². The zero-order chi connectivity index (χ0) is 26.0. The third kappa shape index (κ3) is 4.25. The Bertz CT molecular complexity index is 1790. The van der Waals surface area contributed by atoms with Gasteiger partial charge in [-0.3, -0.25) is 9.13 Å². The molecule has 2 radical (unpaired) electrons. The molecule has 1 heterocycles.